The Balaban J connectivity index is 2.05. The van der Waals surface area contributed by atoms with Gasteiger partial charge in [0, 0.05) is 45.0 Å². The Morgan fingerprint density at radius 3 is 2.02 bits per heavy atom. The summed E-state index contributed by atoms with van der Waals surface area (Å²) in [5.41, 5.74) is 0.688. The van der Waals surface area contributed by atoms with Gasteiger partial charge in [0.25, 0.3) is 0 Å². The number of hydrogen-bond donors (Lipinski definition) is 0. The normalized spacial score (nSPS) is 21.5. The zero-order chi connectivity index (χ0) is 30.3. The lowest BCUT2D eigenvalue weighted by atomic mass is 9.97. The predicted octanol–water partition coefficient (Wildman–Crippen LogP) is 1.95. The number of carbonyl (C=O) groups is 5. The molecular weight excluding hydrogens is 540 g/mol. The minimum atomic E-state index is -1.59. The van der Waals surface area contributed by atoms with Crippen molar-refractivity contribution in [1.29, 1.82) is 5.26 Å². The minimum Gasteiger partial charge on any atom is -0.463 e. The van der Waals surface area contributed by atoms with Crippen LogP contribution in [0.4, 0.5) is 0 Å². The number of nitriles is 1. The van der Waals surface area contributed by atoms with Crippen LogP contribution in [-0.4, -0.2) is 72.0 Å². The molecule has 1 aromatic carbocycles. The molecule has 1 aliphatic heterocycles. The lowest BCUT2D eigenvalue weighted by molar-refractivity contribution is -0.289. The molecular formula is C28H28N2O11. The quantitative estimate of drug-likeness (QED) is 0.244. The first-order chi connectivity index (χ1) is 19.4. The number of nitrogens with zero attached hydrogens (tertiary/aromatic N) is 2. The van der Waals surface area contributed by atoms with Crippen molar-refractivity contribution in [3.63, 3.8) is 0 Å². The summed E-state index contributed by atoms with van der Waals surface area (Å²) < 4.78 is 32.9. The summed E-state index contributed by atoms with van der Waals surface area (Å²) in [6.07, 6.45) is -5.99. The average Bonchev–Trinajstić information content (AvgIpc) is 2.90. The van der Waals surface area contributed by atoms with Crippen molar-refractivity contribution in [2.75, 3.05) is 6.61 Å². The summed E-state index contributed by atoms with van der Waals surface area (Å²) in [6.45, 7) is 5.49. The molecule has 2 aromatic rings. The third-order valence-corrected chi connectivity index (χ3v) is 5.87. The van der Waals surface area contributed by atoms with E-state index in [1.165, 1.54) is 13.1 Å². The standard InChI is InChI=1S/C28H28N2O11/c1-14-20(11-29)27(30-12-21(14)23(35)19-9-7-6-8-10-19)41-28-26(39-18(5)34)25(38-17(4)33)24(37-16(3)32)22(40-28)13-36-15(2)31/h6-10,12,22,24-26,28H,13H2,1-5H3/t22-,24-,25+,26-,28+/m1/s1. The third kappa shape index (κ3) is 7.64. The van der Waals surface area contributed by atoms with Gasteiger partial charge in [-0.3, -0.25) is 24.0 Å². The Morgan fingerprint density at radius 1 is 0.878 bits per heavy atom. The van der Waals surface area contributed by atoms with Crippen molar-refractivity contribution < 1.29 is 52.4 Å². The predicted molar refractivity (Wildman–Crippen MR) is 136 cm³/mol. The highest BCUT2D eigenvalue weighted by Crippen LogP contribution is 2.32. The van der Waals surface area contributed by atoms with E-state index in [4.69, 9.17) is 28.4 Å². The monoisotopic (exact) mass is 568 g/mol. The topological polar surface area (TPSA) is 177 Å². The van der Waals surface area contributed by atoms with E-state index in [9.17, 15) is 29.2 Å². The molecule has 41 heavy (non-hydrogen) atoms. The van der Waals surface area contributed by atoms with Gasteiger partial charge in [0.1, 0.15) is 24.3 Å². The summed E-state index contributed by atoms with van der Waals surface area (Å²) in [5.74, 6) is -3.75. The van der Waals surface area contributed by atoms with Crippen LogP contribution in [-0.2, 0) is 42.9 Å². The molecule has 13 nitrogen and oxygen atoms in total. The Morgan fingerprint density at radius 2 is 1.46 bits per heavy atom. The Labute approximate surface area is 235 Å². The molecule has 1 aromatic heterocycles. The van der Waals surface area contributed by atoms with E-state index >= 15 is 0 Å². The number of aromatic nitrogens is 1. The van der Waals surface area contributed by atoms with Gasteiger partial charge in [-0.25, -0.2) is 4.98 Å². The highest BCUT2D eigenvalue weighted by molar-refractivity contribution is 6.10. The van der Waals surface area contributed by atoms with Crippen LogP contribution < -0.4 is 4.74 Å². The molecule has 5 atom stereocenters. The fourth-order valence-corrected chi connectivity index (χ4v) is 4.17. The molecule has 0 amide bonds. The molecule has 0 aliphatic carbocycles. The van der Waals surface area contributed by atoms with Crippen LogP contribution in [0.5, 0.6) is 5.88 Å². The fourth-order valence-electron chi connectivity index (χ4n) is 4.17. The Kier molecular flexibility index (Phi) is 10.1. The molecule has 0 spiro atoms. The summed E-state index contributed by atoms with van der Waals surface area (Å²) in [7, 11) is 0. The van der Waals surface area contributed by atoms with Gasteiger partial charge in [0.15, 0.2) is 18.0 Å². The van der Waals surface area contributed by atoms with E-state index in [0.717, 1.165) is 27.7 Å². The molecule has 1 aliphatic rings. The maximum absolute atomic E-state index is 13.0. The summed E-state index contributed by atoms with van der Waals surface area (Å²) in [4.78, 5) is 64.7. The van der Waals surface area contributed by atoms with E-state index in [-0.39, 0.29) is 28.4 Å². The number of rotatable bonds is 9. The van der Waals surface area contributed by atoms with Gasteiger partial charge < -0.3 is 28.4 Å². The van der Waals surface area contributed by atoms with Crippen molar-refractivity contribution in [3.8, 4) is 11.9 Å². The van der Waals surface area contributed by atoms with Gasteiger partial charge in [0.05, 0.1) is 0 Å². The van der Waals surface area contributed by atoms with Crippen molar-refractivity contribution in [3.05, 3.63) is 58.8 Å². The van der Waals surface area contributed by atoms with Crippen molar-refractivity contribution >= 4 is 29.7 Å². The molecule has 1 fully saturated rings. The van der Waals surface area contributed by atoms with Crippen LogP contribution in [0.25, 0.3) is 0 Å². The van der Waals surface area contributed by atoms with Crippen molar-refractivity contribution in [1.82, 2.24) is 4.98 Å². The molecule has 1 saturated heterocycles. The molecule has 0 bridgehead atoms. The van der Waals surface area contributed by atoms with Gasteiger partial charge in [-0.05, 0) is 12.5 Å². The summed E-state index contributed by atoms with van der Waals surface area (Å²) in [6, 6.07) is 10.4. The van der Waals surface area contributed by atoms with Crippen LogP contribution in [0.1, 0.15) is 54.7 Å². The van der Waals surface area contributed by atoms with E-state index in [2.05, 4.69) is 4.98 Å². The van der Waals surface area contributed by atoms with E-state index in [1.807, 2.05) is 6.07 Å². The van der Waals surface area contributed by atoms with Gasteiger partial charge in [-0.2, -0.15) is 5.26 Å². The Hall–Kier alpha value is -4.83. The number of benzene rings is 1. The van der Waals surface area contributed by atoms with Crippen LogP contribution in [0.3, 0.4) is 0 Å². The lowest BCUT2D eigenvalue weighted by Gasteiger charge is -2.43. The molecule has 0 unspecified atom stereocenters. The van der Waals surface area contributed by atoms with Crippen LogP contribution in [0, 0.1) is 18.3 Å². The molecule has 216 valence electrons. The molecule has 0 N–H and O–H groups in total. The van der Waals surface area contributed by atoms with E-state index < -0.39 is 61.2 Å². The first-order valence-electron chi connectivity index (χ1n) is 12.4. The molecule has 0 saturated carbocycles. The third-order valence-electron chi connectivity index (χ3n) is 5.87. The van der Waals surface area contributed by atoms with Crippen LogP contribution in [0.2, 0.25) is 0 Å². The van der Waals surface area contributed by atoms with Gasteiger partial charge in [0.2, 0.25) is 18.3 Å². The van der Waals surface area contributed by atoms with Crippen molar-refractivity contribution in [2.45, 2.75) is 65.3 Å². The van der Waals surface area contributed by atoms with Crippen LogP contribution >= 0.6 is 0 Å². The number of ketones is 1. The first-order valence-corrected chi connectivity index (χ1v) is 12.4. The maximum atomic E-state index is 13.0. The number of esters is 4. The highest BCUT2D eigenvalue weighted by atomic mass is 16.7. The number of hydrogen-bond acceptors (Lipinski definition) is 13. The minimum absolute atomic E-state index is 0.111. The fraction of sp³-hybridized carbons (Fsp3) is 0.393. The molecule has 3 rings (SSSR count). The van der Waals surface area contributed by atoms with Gasteiger partial charge in [-0.1, -0.05) is 30.3 Å². The zero-order valence-electron chi connectivity index (χ0n) is 22.9. The summed E-state index contributed by atoms with van der Waals surface area (Å²) >= 11 is 0. The number of ether oxygens (including phenoxy) is 6. The molecule has 0 radical (unpaired) electrons. The zero-order valence-corrected chi connectivity index (χ0v) is 22.9. The lowest BCUT2D eigenvalue weighted by Crippen LogP contribution is -2.63. The second kappa shape index (κ2) is 13.5. The SMILES string of the molecule is CC(=O)OC[C@H]1O[C@@H](Oc2ncc(C(=O)c3ccccc3)c(C)c2C#N)[C@H](OC(C)=O)[C@@H](OC(C)=O)[C@@H]1OC(C)=O. The summed E-state index contributed by atoms with van der Waals surface area (Å²) in [5, 5.41) is 9.93. The maximum Gasteiger partial charge on any atom is 0.303 e. The average molecular weight is 569 g/mol. The second-order valence-corrected chi connectivity index (χ2v) is 8.97. The van der Waals surface area contributed by atoms with Gasteiger partial charge >= 0.3 is 23.9 Å². The molecule has 13 heteroatoms. The van der Waals surface area contributed by atoms with Crippen molar-refractivity contribution in [2.24, 2.45) is 0 Å². The number of carbonyl (C=O) groups excluding carboxylic acids is 5. The van der Waals surface area contributed by atoms with Crippen LogP contribution in [0.15, 0.2) is 36.5 Å². The second-order valence-electron chi connectivity index (χ2n) is 8.97. The number of pyridine rings is 1. The smallest absolute Gasteiger partial charge is 0.303 e. The van der Waals surface area contributed by atoms with E-state index in [0.29, 0.717) is 5.56 Å². The van der Waals surface area contributed by atoms with Gasteiger partial charge in [-0.15, -0.1) is 0 Å². The Bertz CT molecular complexity index is 1370. The first kappa shape index (κ1) is 30.7. The molecule has 2 heterocycles. The largest absolute Gasteiger partial charge is 0.463 e. The highest BCUT2D eigenvalue weighted by Gasteiger charge is 2.53. The van der Waals surface area contributed by atoms with E-state index in [1.54, 1.807) is 30.3 Å².